The van der Waals surface area contributed by atoms with Crippen molar-refractivity contribution in [1.29, 1.82) is 0 Å². The summed E-state index contributed by atoms with van der Waals surface area (Å²) >= 11 is 35.8. The van der Waals surface area contributed by atoms with Gasteiger partial charge in [0.05, 0.1) is 15.0 Å². The molecule has 0 unspecified atom stereocenters. The molecule has 31 heavy (non-hydrogen) atoms. The summed E-state index contributed by atoms with van der Waals surface area (Å²) in [6.07, 6.45) is 0. The molecule has 2 aromatic rings. The van der Waals surface area contributed by atoms with Gasteiger partial charge in [-0.2, -0.15) is 8.42 Å². The number of allylic oxidation sites excluding steroid dienone is 4. The lowest BCUT2D eigenvalue weighted by atomic mass is 10.1. The van der Waals surface area contributed by atoms with Gasteiger partial charge in [-0.1, -0.05) is 69.6 Å². The van der Waals surface area contributed by atoms with Crippen LogP contribution in [0.3, 0.4) is 0 Å². The van der Waals surface area contributed by atoms with Crippen molar-refractivity contribution < 1.29 is 13.2 Å². The number of carbonyl (C=O) groups excluding carboxylic acids is 1. The van der Waals surface area contributed by atoms with Crippen molar-refractivity contribution in [2.24, 2.45) is 9.39 Å². The molecule has 1 aliphatic carbocycles. The molecule has 3 rings (SSSR count). The van der Waals surface area contributed by atoms with Crippen LogP contribution in [0.4, 0.5) is 0 Å². The summed E-state index contributed by atoms with van der Waals surface area (Å²) in [5.74, 6) is -1.07. The highest BCUT2D eigenvalue weighted by Gasteiger charge is 2.30. The molecule has 5 nitrogen and oxygen atoms in total. The second-order valence-electron chi connectivity index (χ2n) is 5.90. The molecule has 0 heterocycles. The van der Waals surface area contributed by atoms with Gasteiger partial charge >= 0.3 is 0 Å². The largest absolute Gasteiger partial charge is 0.286 e. The Kier molecular flexibility index (Phi) is 7.54. The van der Waals surface area contributed by atoms with Crippen molar-refractivity contribution in [3.63, 3.8) is 0 Å². The molecule has 0 radical (unpaired) electrons. The Balaban J connectivity index is 2.24. The predicted molar refractivity (Wildman–Crippen MR) is 127 cm³/mol. The van der Waals surface area contributed by atoms with E-state index in [1.54, 1.807) is 0 Å². The molecule has 0 spiro atoms. The van der Waals surface area contributed by atoms with Crippen molar-refractivity contribution in [1.82, 2.24) is 0 Å². The third-order valence-corrected chi connectivity index (χ3v) is 7.27. The van der Waals surface area contributed by atoms with E-state index in [9.17, 15) is 13.2 Å². The first-order chi connectivity index (χ1) is 14.5. The van der Waals surface area contributed by atoms with Crippen molar-refractivity contribution in [3.05, 3.63) is 84.3 Å². The number of amidine groups is 1. The van der Waals surface area contributed by atoms with E-state index >= 15 is 0 Å². The number of nitrogens with zero attached hydrogens (tertiary/aromatic N) is 2. The number of Topliss-reactive ketones (excluding diaryl/α,β-unsaturated/α-hetero) is 1. The Morgan fingerprint density at radius 1 is 0.677 bits per heavy atom. The number of hydrogen-bond donors (Lipinski definition) is 0. The average Bonchev–Trinajstić information content (AvgIpc) is 2.74. The second-order valence-corrected chi connectivity index (χ2v) is 9.89. The molecular formula is C19H8Cl6N2O3S. The van der Waals surface area contributed by atoms with Crippen molar-refractivity contribution in [3.8, 4) is 0 Å². The van der Waals surface area contributed by atoms with Gasteiger partial charge in [0.2, 0.25) is 5.78 Å². The maximum absolute atomic E-state index is 12.9. The number of carbonyl (C=O) groups is 1. The third-order valence-electron chi connectivity index (χ3n) is 3.84. The molecule has 0 saturated heterocycles. The predicted octanol–water partition coefficient (Wildman–Crippen LogP) is 6.53. The van der Waals surface area contributed by atoms with Gasteiger partial charge in [-0.15, -0.1) is 4.40 Å². The van der Waals surface area contributed by atoms with E-state index < -0.39 is 25.9 Å². The molecule has 0 bridgehead atoms. The third kappa shape index (κ3) is 5.34. The van der Waals surface area contributed by atoms with E-state index in [1.165, 1.54) is 48.5 Å². The minimum Gasteiger partial charge on any atom is -0.286 e. The van der Waals surface area contributed by atoms with Crippen LogP contribution in [0.25, 0.3) is 0 Å². The van der Waals surface area contributed by atoms with E-state index in [0.717, 1.165) is 0 Å². The van der Waals surface area contributed by atoms with Crippen LogP contribution in [0.15, 0.2) is 82.9 Å². The first kappa shape index (κ1) is 24.3. The fraction of sp³-hybridized carbons (Fsp3) is 0. The van der Waals surface area contributed by atoms with E-state index in [4.69, 9.17) is 69.6 Å². The van der Waals surface area contributed by atoms with Gasteiger partial charge in [0.25, 0.3) is 10.0 Å². The van der Waals surface area contributed by atoms with Crippen LogP contribution in [-0.4, -0.2) is 25.7 Å². The molecule has 1 aliphatic rings. The highest BCUT2D eigenvalue weighted by molar-refractivity contribution is 7.90. The average molecular weight is 557 g/mol. The van der Waals surface area contributed by atoms with E-state index in [2.05, 4.69) is 9.39 Å². The Morgan fingerprint density at radius 3 is 1.61 bits per heavy atom. The molecular weight excluding hydrogens is 549 g/mol. The molecule has 0 saturated carbocycles. The monoisotopic (exact) mass is 554 g/mol. The number of aliphatic imine (C=N–C) groups is 1. The van der Waals surface area contributed by atoms with Crippen molar-refractivity contribution in [2.45, 2.75) is 4.90 Å². The zero-order valence-corrected chi connectivity index (χ0v) is 20.3. The number of ketones is 1. The topological polar surface area (TPSA) is 75.9 Å². The number of rotatable bonds is 3. The summed E-state index contributed by atoms with van der Waals surface area (Å²) in [6, 6.07) is 11.4. The number of benzene rings is 2. The van der Waals surface area contributed by atoms with E-state index in [0.29, 0.717) is 10.0 Å². The zero-order valence-electron chi connectivity index (χ0n) is 14.9. The van der Waals surface area contributed by atoms with Gasteiger partial charge in [0, 0.05) is 15.6 Å². The van der Waals surface area contributed by atoms with Crippen molar-refractivity contribution in [2.75, 3.05) is 0 Å². The van der Waals surface area contributed by atoms with Crippen LogP contribution in [0.5, 0.6) is 0 Å². The quantitative estimate of drug-likeness (QED) is 0.245. The zero-order chi connectivity index (χ0) is 22.9. The summed E-state index contributed by atoms with van der Waals surface area (Å²) in [7, 11) is -4.22. The van der Waals surface area contributed by atoms with Gasteiger partial charge < -0.3 is 0 Å². The summed E-state index contributed by atoms with van der Waals surface area (Å²) in [5, 5.41) is -0.664. The lowest BCUT2D eigenvalue weighted by Crippen LogP contribution is -2.17. The van der Waals surface area contributed by atoms with Crippen LogP contribution in [0, 0.1) is 0 Å². The van der Waals surface area contributed by atoms with Gasteiger partial charge in [-0.25, -0.2) is 4.99 Å². The van der Waals surface area contributed by atoms with Crippen LogP contribution in [-0.2, 0) is 14.8 Å². The Morgan fingerprint density at radius 2 is 1.13 bits per heavy atom. The summed E-state index contributed by atoms with van der Waals surface area (Å²) < 4.78 is 29.5. The summed E-state index contributed by atoms with van der Waals surface area (Å²) in [6.45, 7) is 0. The molecule has 0 fully saturated rings. The van der Waals surface area contributed by atoms with Gasteiger partial charge in [-0.05, 0) is 48.5 Å². The lowest BCUT2D eigenvalue weighted by molar-refractivity contribution is -0.111. The lowest BCUT2D eigenvalue weighted by Gasteiger charge is -2.14. The number of halogens is 6. The SMILES string of the molecule is O=C1C(Cl)=C(Cl)C(=N/C(=N/S(=O)(=O)c2ccc(Cl)cc2)c2ccc(Cl)cc2)C(Cl)=C1Cl. The summed E-state index contributed by atoms with van der Waals surface area (Å²) in [5.41, 5.74) is 0.0606. The van der Waals surface area contributed by atoms with Gasteiger partial charge in [0.15, 0.2) is 5.84 Å². The Hall–Kier alpha value is -1.38. The van der Waals surface area contributed by atoms with E-state index in [1.807, 2.05) is 0 Å². The minimum atomic E-state index is -4.22. The second kappa shape index (κ2) is 9.63. The van der Waals surface area contributed by atoms with Crippen LogP contribution in [0.1, 0.15) is 5.56 Å². The normalized spacial score (nSPS) is 15.6. The number of sulfonamides is 1. The summed E-state index contributed by atoms with van der Waals surface area (Å²) in [4.78, 5) is 16.0. The molecule has 2 aromatic carbocycles. The highest BCUT2D eigenvalue weighted by Crippen LogP contribution is 2.34. The van der Waals surface area contributed by atoms with Crippen LogP contribution in [0.2, 0.25) is 10.0 Å². The van der Waals surface area contributed by atoms with Crippen LogP contribution >= 0.6 is 69.6 Å². The number of hydrogen-bond acceptors (Lipinski definition) is 3. The molecule has 160 valence electrons. The molecule has 0 N–H and O–H groups in total. The highest BCUT2D eigenvalue weighted by atomic mass is 35.5. The Labute approximate surface area is 207 Å². The fourth-order valence-electron chi connectivity index (χ4n) is 2.31. The first-order valence-electron chi connectivity index (χ1n) is 8.12. The molecule has 0 aromatic heterocycles. The van der Waals surface area contributed by atoms with E-state index in [-0.39, 0.29) is 32.1 Å². The maximum Gasteiger partial charge on any atom is 0.284 e. The minimum absolute atomic E-state index is 0.123. The van der Waals surface area contributed by atoms with Crippen LogP contribution < -0.4 is 0 Å². The van der Waals surface area contributed by atoms with Gasteiger partial charge in [0.1, 0.15) is 15.8 Å². The molecule has 0 amide bonds. The Bertz CT molecular complexity index is 1270. The smallest absolute Gasteiger partial charge is 0.284 e. The first-order valence-corrected chi connectivity index (χ1v) is 11.8. The standard InChI is InChI=1S/C19H8Cl6N2O3S/c20-10-3-1-9(2-4-10)19(27-31(29,30)12-7-5-11(21)6-8-12)26-17-13(22)15(24)18(28)16(25)14(17)23/h1-8H/b27-19+. The van der Waals surface area contributed by atoms with Crippen molar-refractivity contribution >= 4 is 97.0 Å². The fourth-order valence-corrected chi connectivity index (χ4v) is 4.43. The van der Waals surface area contributed by atoms with Gasteiger partial charge in [-0.3, -0.25) is 4.79 Å². The maximum atomic E-state index is 12.9. The molecule has 12 heteroatoms. The molecule has 0 aliphatic heterocycles. The molecule has 0 atom stereocenters.